The van der Waals surface area contributed by atoms with Crippen LogP contribution in [0.4, 0.5) is 0 Å². The molecule has 0 aromatic heterocycles. The second-order valence-electron chi connectivity index (χ2n) is 3.93. The van der Waals surface area contributed by atoms with Crippen molar-refractivity contribution in [3.8, 4) is 0 Å². The Balaban J connectivity index is 2.58. The number of benzene rings is 1. The first kappa shape index (κ1) is 9.20. The molecule has 0 unspecified atom stereocenters. The van der Waals surface area contributed by atoms with E-state index in [-0.39, 0.29) is 0 Å². The molecule has 1 heteroatoms. The zero-order chi connectivity index (χ0) is 10.1. The lowest BCUT2D eigenvalue weighted by Crippen LogP contribution is -2.04. The molecular formula is C13H14O. The number of rotatable bonds is 1. The topological polar surface area (TPSA) is 17.1 Å². The van der Waals surface area contributed by atoms with Gasteiger partial charge >= 0.3 is 0 Å². The number of allylic oxidation sites excluding steroid dienone is 2. The molecule has 1 aliphatic carbocycles. The summed E-state index contributed by atoms with van der Waals surface area (Å²) in [4.78, 5) is 10.8. The molecule has 0 saturated heterocycles. The smallest absolute Gasteiger partial charge is 0.146 e. The summed E-state index contributed by atoms with van der Waals surface area (Å²) in [5.41, 5.74) is 6.05. The van der Waals surface area contributed by atoms with Gasteiger partial charge in [-0.1, -0.05) is 23.8 Å². The lowest BCUT2D eigenvalue weighted by atomic mass is 9.86. The molecule has 0 amide bonds. The van der Waals surface area contributed by atoms with E-state index in [4.69, 9.17) is 0 Å². The van der Waals surface area contributed by atoms with Gasteiger partial charge in [0.05, 0.1) is 0 Å². The Kier molecular flexibility index (Phi) is 2.24. The molecule has 0 saturated carbocycles. The van der Waals surface area contributed by atoms with Crippen molar-refractivity contribution in [2.75, 3.05) is 0 Å². The van der Waals surface area contributed by atoms with Crippen LogP contribution in [0.15, 0.2) is 23.8 Å². The summed E-state index contributed by atoms with van der Waals surface area (Å²) in [5, 5.41) is 0. The van der Waals surface area contributed by atoms with E-state index in [0.717, 1.165) is 30.3 Å². The van der Waals surface area contributed by atoms with E-state index in [1.54, 1.807) is 0 Å². The molecule has 14 heavy (non-hydrogen) atoms. The molecule has 0 spiro atoms. The molecule has 1 aromatic rings. The zero-order valence-corrected chi connectivity index (χ0v) is 8.63. The van der Waals surface area contributed by atoms with Crippen molar-refractivity contribution in [3.63, 3.8) is 0 Å². The number of hydrogen-bond acceptors (Lipinski definition) is 1. The Morgan fingerprint density at radius 3 is 2.71 bits per heavy atom. The highest BCUT2D eigenvalue weighted by Crippen LogP contribution is 2.30. The van der Waals surface area contributed by atoms with E-state index in [9.17, 15) is 4.79 Å². The molecule has 0 atom stereocenters. The first-order valence-electron chi connectivity index (χ1n) is 4.97. The largest absolute Gasteiger partial charge is 0.298 e. The van der Waals surface area contributed by atoms with Gasteiger partial charge in [0.1, 0.15) is 6.29 Å². The number of aryl methyl sites for hydroxylation is 2. The second kappa shape index (κ2) is 3.41. The van der Waals surface area contributed by atoms with Gasteiger partial charge in [-0.25, -0.2) is 0 Å². The fourth-order valence-electron chi connectivity index (χ4n) is 2.07. The summed E-state index contributed by atoms with van der Waals surface area (Å²) in [6.45, 7) is 4.14. The minimum atomic E-state index is 0.895. The van der Waals surface area contributed by atoms with Crippen molar-refractivity contribution in [1.82, 2.24) is 0 Å². The van der Waals surface area contributed by atoms with Crippen molar-refractivity contribution in [2.45, 2.75) is 26.7 Å². The number of carbonyl (C=O) groups is 1. The molecule has 72 valence electrons. The van der Waals surface area contributed by atoms with Crippen molar-refractivity contribution in [3.05, 3.63) is 40.5 Å². The van der Waals surface area contributed by atoms with Crippen LogP contribution >= 0.6 is 0 Å². The quantitative estimate of drug-likeness (QED) is 0.616. The van der Waals surface area contributed by atoms with E-state index >= 15 is 0 Å². The van der Waals surface area contributed by atoms with Crippen molar-refractivity contribution in [2.24, 2.45) is 0 Å². The monoisotopic (exact) mass is 186 g/mol. The van der Waals surface area contributed by atoms with Gasteiger partial charge in [-0.15, -0.1) is 0 Å². The predicted molar refractivity (Wildman–Crippen MR) is 58.2 cm³/mol. The van der Waals surface area contributed by atoms with Crippen LogP contribution in [0.5, 0.6) is 0 Å². The van der Waals surface area contributed by atoms with E-state index in [2.05, 4.69) is 25.1 Å². The zero-order valence-electron chi connectivity index (χ0n) is 8.63. The number of hydrogen-bond donors (Lipinski definition) is 0. The van der Waals surface area contributed by atoms with Crippen LogP contribution in [0.2, 0.25) is 0 Å². The van der Waals surface area contributed by atoms with Gasteiger partial charge in [-0.3, -0.25) is 4.79 Å². The molecule has 0 fully saturated rings. The summed E-state index contributed by atoms with van der Waals surface area (Å²) < 4.78 is 0. The fourth-order valence-corrected chi connectivity index (χ4v) is 2.07. The molecule has 1 aromatic carbocycles. The lowest BCUT2D eigenvalue weighted by Gasteiger charge is -2.18. The summed E-state index contributed by atoms with van der Waals surface area (Å²) in [6, 6.07) is 6.46. The van der Waals surface area contributed by atoms with Crippen LogP contribution < -0.4 is 0 Å². The normalized spacial score (nSPS) is 15.3. The van der Waals surface area contributed by atoms with Crippen LogP contribution in [-0.4, -0.2) is 6.29 Å². The maximum Gasteiger partial charge on any atom is 0.146 e. The van der Waals surface area contributed by atoms with Crippen LogP contribution in [0.3, 0.4) is 0 Å². The van der Waals surface area contributed by atoms with Gasteiger partial charge in [0.15, 0.2) is 0 Å². The Bertz CT molecular complexity index is 413. The van der Waals surface area contributed by atoms with Gasteiger partial charge in [-0.2, -0.15) is 0 Å². The van der Waals surface area contributed by atoms with Crippen molar-refractivity contribution in [1.29, 1.82) is 0 Å². The van der Waals surface area contributed by atoms with Gasteiger partial charge in [-0.05, 0) is 49.0 Å². The molecule has 1 aliphatic rings. The molecule has 0 aliphatic heterocycles. The summed E-state index contributed by atoms with van der Waals surface area (Å²) in [6.07, 6.45) is 2.90. The molecule has 1 nitrogen and oxygen atoms in total. The molecular weight excluding hydrogens is 172 g/mol. The number of carbonyl (C=O) groups excluding carboxylic acids is 1. The highest BCUT2D eigenvalue weighted by Gasteiger charge is 2.14. The maximum atomic E-state index is 10.8. The van der Waals surface area contributed by atoms with Crippen molar-refractivity contribution >= 4 is 11.9 Å². The number of fused-ring (bicyclic) bond motifs is 1. The van der Waals surface area contributed by atoms with Gasteiger partial charge in [0.25, 0.3) is 0 Å². The Labute approximate surface area is 84.5 Å². The minimum Gasteiger partial charge on any atom is -0.298 e. The molecule has 0 bridgehead atoms. The van der Waals surface area contributed by atoms with Crippen LogP contribution in [0, 0.1) is 6.92 Å². The van der Waals surface area contributed by atoms with E-state index in [1.807, 2.05) is 6.92 Å². The first-order chi connectivity index (χ1) is 6.72. The van der Waals surface area contributed by atoms with Gasteiger partial charge in [0, 0.05) is 0 Å². The summed E-state index contributed by atoms with van der Waals surface area (Å²) in [7, 11) is 0. The van der Waals surface area contributed by atoms with Gasteiger partial charge in [0.2, 0.25) is 0 Å². The Morgan fingerprint density at radius 2 is 2.00 bits per heavy atom. The first-order valence-corrected chi connectivity index (χ1v) is 4.97. The standard InChI is InChI=1S/C13H14O/c1-9-3-6-13-10(2)12(8-14)5-4-11(13)7-9/h3,6-8H,4-5H2,1-2H3. The maximum absolute atomic E-state index is 10.8. The SMILES string of the molecule is CC1=C(C=O)CCc2cc(C)ccc21. The highest BCUT2D eigenvalue weighted by atomic mass is 16.1. The Hall–Kier alpha value is -1.37. The predicted octanol–water partition coefficient (Wildman–Crippen LogP) is 2.91. The summed E-state index contributed by atoms with van der Waals surface area (Å²) >= 11 is 0. The average molecular weight is 186 g/mol. The lowest BCUT2D eigenvalue weighted by molar-refractivity contribution is -0.105. The van der Waals surface area contributed by atoms with Crippen molar-refractivity contribution < 1.29 is 4.79 Å². The molecule has 0 radical (unpaired) electrons. The fraction of sp³-hybridized carbons (Fsp3) is 0.308. The molecule has 0 heterocycles. The van der Waals surface area contributed by atoms with Gasteiger partial charge < -0.3 is 0 Å². The summed E-state index contributed by atoms with van der Waals surface area (Å²) in [5.74, 6) is 0. The molecule has 2 rings (SSSR count). The third kappa shape index (κ3) is 1.39. The number of aldehydes is 1. The highest BCUT2D eigenvalue weighted by molar-refractivity contribution is 5.89. The van der Waals surface area contributed by atoms with Crippen LogP contribution in [0.1, 0.15) is 30.0 Å². The third-order valence-electron chi connectivity index (χ3n) is 2.95. The second-order valence-corrected chi connectivity index (χ2v) is 3.93. The van der Waals surface area contributed by atoms with E-state index in [0.29, 0.717) is 0 Å². The third-order valence-corrected chi connectivity index (χ3v) is 2.95. The van der Waals surface area contributed by atoms with E-state index < -0.39 is 0 Å². The average Bonchev–Trinajstić information content (AvgIpc) is 2.18. The van der Waals surface area contributed by atoms with E-state index in [1.165, 1.54) is 16.7 Å². The molecule has 0 N–H and O–H groups in total. The minimum absolute atomic E-state index is 0.895. The van der Waals surface area contributed by atoms with Crippen LogP contribution in [0.25, 0.3) is 5.57 Å². The Morgan fingerprint density at radius 1 is 1.21 bits per heavy atom. The van der Waals surface area contributed by atoms with Crippen LogP contribution in [-0.2, 0) is 11.2 Å².